The molecule has 6 aliphatic rings. The topological polar surface area (TPSA) is 108 Å². The van der Waals surface area contributed by atoms with Gasteiger partial charge in [-0.1, -0.05) is 12.8 Å². The number of piperidine rings is 3. The summed E-state index contributed by atoms with van der Waals surface area (Å²) >= 11 is 0. The van der Waals surface area contributed by atoms with E-state index >= 15 is 0 Å². The summed E-state index contributed by atoms with van der Waals surface area (Å²) in [4.78, 5) is 58.3. The Hall–Kier alpha value is -3.96. The summed E-state index contributed by atoms with van der Waals surface area (Å²) in [5.74, 6) is 1.90. The number of hydrogen-bond donors (Lipinski definition) is 0. The Morgan fingerprint density at radius 3 is 2.34 bits per heavy atom. The Morgan fingerprint density at radius 1 is 1.00 bits per heavy atom. The molecule has 1 spiro atoms. The smallest absolute Gasteiger partial charge is 0.411 e. The zero-order valence-electron chi connectivity index (χ0n) is 32.5. The van der Waals surface area contributed by atoms with Crippen molar-refractivity contribution in [1.29, 1.82) is 0 Å². The second-order valence-corrected chi connectivity index (χ2v) is 17.9. The number of carbonyl (C=O) groups excluding carboxylic acids is 3. The van der Waals surface area contributed by atoms with Crippen molar-refractivity contribution in [3.8, 4) is 11.5 Å². The van der Waals surface area contributed by atoms with Crippen LogP contribution in [0.1, 0.15) is 110 Å². The third-order valence-electron chi connectivity index (χ3n) is 12.2. The Morgan fingerprint density at radius 2 is 1.70 bits per heavy atom. The first-order chi connectivity index (χ1) is 25.1. The van der Waals surface area contributed by atoms with Gasteiger partial charge < -0.3 is 24.2 Å². The summed E-state index contributed by atoms with van der Waals surface area (Å²) in [6, 6.07) is 3.44. The van der Waals surface area contributed by atoms with E-state index in [1.165, 1.54) is 37.4 Å². The fourth-order valence-electron chi connectivity index (χ4n) is 9.61. The highest BCUT2D eigenvalue weighted by Crippen LogP contribution is 2.50. The Balaban J connectivity index is 1.02. The molecule has 4 atom stereocenters. The molecule has 1 aromatic heterocycles. The molecule has 0 N–H and O–H groups in total. The average molecular weight is 733 g/mol. The molecule has 3 amide bonds. The Kier molecular flexibility index (Phi) is 10.1. The first kappa shape index (κ1) is 37.4. The quantitative estimate of drug-likeness (QED) is 0.265. The summed E-state index contributed by atoms with van der Waals surface area (Å²) in [7, 11) is 0. The van der Waals surface area contributed by atoms with Gasteiger partial charge >= 0.3 is 6.09 Å². The van der Waals surface area contributed by atoms with Crippen LogP contribution in [-0.4, -0.2) is 98.5 Å². The van der Waals surface area contributed by atoms with Crippen molar-refractivity contribution < 1.29 is 28.2 Å². The van der Waals surface area contributed by atoms with E-state index in [4.69, 9.17) is 9.47 Å². The van der Waals surface area contributed by atoms with E-state index in [1.807, 2.05) is 58.3 Å². The maximum absolute atomic E-state index is 14.5. The van der Waals surface area contributed by atoms with Gasteiger partial charge in [0, 0.05) is 49.7 Å². The number of carbonyl (C=O) groups is 3. The van der Waals surface area contributed by atoms with Crippen LogP contribution in [0.2, 0.25) is 0 Å². The van der Waals surface area contributed by atoms with Crippen LogP contribution in [0.3, 0.4) is 0 Å². The molecule has 5 heterocycles. The highest BCUT2D eigenvalue weighted by Gasteiger charge is 2.55. The van der Waals surface area contributed by atoms with Crippen LogP contribution in [0.25, 0.3) is 0 Å². The Labute approximate surface area is 313 Å². The minimum Gasteiger partial charge on any atom is -0.451 e. The molecule has 0 radical (unpaired) electrons. The van der Waals surface area contributed by atoms with E-state index in [-0.39, 0.29) is 58.7 Å². The van der Waals surface area contributed by atoms with Crippen LogP contribution in [0, 0.1) is 29.0 Å². The SMILES string of the molecule is CC(C)N(C(=O)c1cc(F)ccc1Oc1cncnc1N1CC2(CCN(C(=O)[C@@H]3[C@@H]4CC[C@@H]([C@H](CC5CC5)C4)N3C(=O)OC(C)(C)C)CC2)C1)C(C)C. The molecular weight excluding hydrogens is 675 g/mol. The highest BCUT2D eigenvalue weighted by molar-refractivity contribution is 5.97. The lowest BCUT2D eigenvalue weighted by Crippen LogP contribution is -2.67. The number of halogens is 1. The summed E-state index contributed by atoms with van der Waals surface area (Å²) in [5.41, 5.74) is -0.456. The third-order valence-corrected chi connectivity index (χ3v) is 12.2. The summed E-state index contributed by atoms with van der Waals surface area (Å²) in [5, 5.41) is 0. The molecule has 288 valence electrons. The number of anilines is 1. The number of benzene rings is 1. The lowest BCUT2D eigenvalue weighted by molar-refractivity contribution is -0.151. The lowest BCUT2D eigenvalue weighted by atomic mass is 9.66. The van der Waals surface area contributed by atoms with Crippen molar-refractivity contribution in [3.05, 3.63) is 42.1 Å². The second-order valence-electron chi connectivity index (χ2n) is 17.9. The van der Waals surface area contributed by atoms with Gasteiger partial charge in [-0.3, -0.25) is 14.5 Å². The average Bonchev–Trinajstić information content (AvgIpc) is 3.91. The summed E-state index contributed by atoms with van der Waals surface area (Å²) < 4.78 is 26.7. The van der Waals surface area contributed by atoms with Gasteiger partial charge in [0.2, 0.25) is 5.91 Å². The van der Waals surface area contributed by atoms with Crippen molar-refractivity contribution in [2.45, 2.75) is 130 Å². The van der Waals surface area contributed by atoms with Gasteiger partial charge in [-0.15, -0.1) is 0 Å². The zero-order valence-corrected chi connectivity index (χ0v) is 32.5. The van der Waals surface area contributed by atoms with E-state index in [0.717, 1.165) is 57.5 Å². The van der Waals surface area contributed by atoms with Gasteiger partial charge in [-0.25, -0.2) is 19.2 Å². The van der Waals surface area contributed by atoms with Crippen LogP contribution in [0.15, 0.2) is 30.7 Å². The normalized spacial score (nSPS) is 25.1. The van der Waals surface area contributed by atoms with Gasteiger partial charge in [0.1, 0.15) is 29.5 Å². The van der Waals surface area contributed by atoms with E-state index in [9.17, 15) is 18.8 Å². The van der Waals surface area contributed by atoms with Gasteiger partial charge in [-0.05, 0) is 123 Å². The molecule has 2 aromatic rings. The van der Waals surface area contributed by atoms with Crippen molar-refractivity contribution in [2.75, 3.05) is 31.1 Å². The number of aromatic nitrogens is 2. The fraction of sp³-hybridized carbons (Fsp3) is 0.683. The largest absolute Gasteiger partial charge is 0.451 e. The van der Waals surface area contributed by atoms with Crippen LogP contribution >= 0.6 is 0 Å². The fourth-order valence-corrected chi connectivity index (χ4v) is 9.61. The number of likely N-dealkylation sites (tertiary alicyclic amines) is 1. The van der Waals surface area contributed by atoms with Crippen molar-refractivity contribution >= 4 is 23.7 Å². The monoisotopic (exact) mass is 732 g/mol. The summed E-state index contributed by atoms with van der Waals surface area (Å²) in [6.07, 6.45) is 11.1. The van der Waals surface area contributed by atoms with Crippen molar-refractivity contribution in [3.63, 3.8) is 0 Å². The number of amides is 3. The minimum absolute atomic E-state index is 0.0246. The molecule has 2 bridgehead atoms. The molecule has 2 saturated carbocycles. The number of fused-ring (bicyclic) bond motifs is 3. The molecule has 12 heteroatoms. The number of ether oxygens (including phenoxy) is 2. The van der Waals surface area contributed by atoms with E-state index in [0.29, 0.717) is 30.6 Å². The molecule has 8 rings (SSSR count). The van der Waals surface area contributed by atoms with Crippen LogP contribution in [0.5, 0.6) is 11.5 Å². The molecule has 4 saturated heterocycles. The lowest BCUT2D eigenvalue weighted by Gasteiger charge is -2.57. The predicted octanol–water partition coefficient (Wildman–Crippen LogP) is 7.30. The van der Waals surface area contributed by atoms with Gasteiger partial charge in [0.05, 0.1) is 11.8 Å². The van der Waals surface area contributed by atoms with Gasteiger partial charge in [-0.2, -0.15) is 0 Å². The third kappa shape index (κ3) is 7.69. The minimum atomic E-state index is -0.628. The predicted molar refractivity (Wildman–Crippen MR) is 199 cm³/mol. The first-order valence-electron chi connectivity index (χ1n) is 19.8. The van der Waals surface area contributed by atoms with Crippen LogP contribution < -0.4 is 9.64 Å². The number of hydrogen-bond acceptors (Lipinski definition) is 8. The van der Waals surface area contributed by atoms with E-state index in [1.54, 1.807) is 11.1 Å². The highest BCUT2D eigenvalue weighted by atomic mass is 19.1. The zero-order chi connectivity index (χ0) is 37.8. The number of rotatable bonds is 9. The van der Waals surface area contributed by atoms with E-state index < -0.39 is 17.5 Å². The maximum Gasteiger partial charge on any atom is 0.411 e. The van der Waals surface area contributed by atoms with Crippen molar-refractivity contribution in [2.24, 2.45) is 23.2 Å². The van der Waals surface area contributed by atoms with Crippen LogP contribution in [0.4, 0.5) is 15.0 Å². The molecule has 0 unspecified atom stereocenters. The molecular formula is C41H57FN6O5. The van der Waals surface area contributed by atoms with Crippen LogP contribution in [-0.2, 0) is 9.53 Å². The van der Waals surface area contributed by atoms with Gasteiger partial charge in [0.25, 0.3) is 5.91 Å². The molecule has 2 aliphatic carbocycles. The maximum atomic E-state index is 14.5. The molecule has 11 nitrogen and oxygen atoms in total. The standard InChI is InChI=1S/C41H57FN6O5/c1-25(2)47(26(3)4)37(49)31-20-30(42)11-13-33(31)52-34-21-43-24-44-36(34)46-22-41(23-46)14-16-45(17-15-41)38(50)35-28-10-12-32(29(19-28)18-27-8-9-27)48(35)39(51)53-40(5,6)7/h11,13,20-21,24-29,32,35H,8-10,12,14-19,22-23H2,1-7H3/t28-,29-,32+,35+/m1/s1. The number of nitrogens with zero attached hydrogens (tertiary/aromatic N) is 6. The van der Waals surface area contributed by atoms with Gasteiger partial charge in [0.15, 0.2) is 11.6 Å². The molecule has 4 aliphatic heterocycles. The molecule has 6 fully saturated rings. The molecule has 1 aromatic carbocycles. The van der Waals surface area contributed by atoms with E-state index in [2.05, 4.69) is 14.9 Å². The molecule has 53 heavy (non-hydrogen) atoms. The summed E-state index contributed by atoms with van der Waals surface area (Å²) in [6.45, 7) is 16.2. The Bertz CT molecular complexity index is 1680. The van der Waals surface area contributed by atoms with Crippen molar-refractivity contribution in [1.82, 2.24) is 24.7 Å². The first-order valence-corrected chi connectivity index (χ1v) is 19.8. The second kappa shape index (κ2) is 14.4.